The van der Waals surface area contributed by atoms with E-state index < -0.39 is 41.5 Å². The molecular formula is C11H14O6Sn. The third-order valence-electron chi connectivity index (χ3n) is 2.01. The summed E-state index contributed by atoms with van der Waals surface area (Å²) < 4.78 is 14.9. The molecule has 0 bridgehead atoms. The van der Waals surface area contributed by atoms with Gasteiger partial charge in [0.2, 0.25) is 0 Å². The predicted octanol–water partition coefficient (Wildman–Crippen LogP) is 1.11. The minimum absolute atomic E-state index is 0.462. The fourth-order valence-electron chi connectivity index (χ4n) is 1.54. The van der Waals surface area contributed by atoms with Crippen molar-refractivity contribution in [3.05, 3.63) is 24.3 Å². The van der Waals surface area contributed by atoms with Crippen LogP contribution >= 0.6 is 0 Å². The number of allylic oxidation sites excluding steroid dienone is 4. The van der Waals surface area contributed by atoms with Crippen LogP contribution in [0.4, 0.5) is 0 Å². The quantitative estimate of drug-likeness (QED) is 0.699. The molecule has 0 aromatic rings. The summed E-state index contributed by atoms with van der Waals surface area (Å²) >= 11 is -4.64. The Balaban J connectivity index is 3.09. The van der Waals surface area contributed by atoms with Gasteiger partial charge in [-0.2, -0.15) is 0 Å². The molecule has 1 aliphatic rings. The van der Waals surface area contributed by atoms with Crippen molar-refractivity contribution in [2.45, 2.75) is 24.7 Å². The molecule has 6 nitrogen and oxygen atoms in total. The second-order valence-corrected chi connectivity index (χ2v) is 10.8. The van der Waals surface area contributed by atoms with Gasteiger partial charge in [-0.15, -0.1) is 0 Å². The van der Waals surface area contributed by atoms with E-state index in [4.69, 9.17) is 9.22 Å². The molecule has 98 valence electrons. The van der Waals surface area contributed by atoms with Crippen molar-refractivity contribution in [1.29, 1.82) is 0 Å². The summed E-state index contributed by atoms with van der Waals surface area (Å²) in [5, 5.41) is 0. The first kappa shape index (κ1) is 14.7. The SMILES string of the molecule is CC(=O)[O][Sn]([O]C(C)=O)([O]C(C)=O)[CH]1C=CC=C1. The summed E-state index contributed by atoms with van der Waals surface area (Å²) in [4.78, 5) is 33.5. The first-order valence-electron chi connectivity index (χ1n) is 5.29. The number of carbonyl (C=O) groups excluding carboxylic acids is 3. The van der Waals surface area contributed by atoms with E-state index in [9.17, 15) is 14.4 Å². The Morgan fingerprint density at radius 3 is 1.44 bits per heavy atom. The molecule has 0 unspecified atom stereocenters. The molecule has 0 aromatic carbocycles. The van der Waals surface area contributed by atoms with Gasteiger partial charge >= 0.3 is 110 Å². The Morgan fingerprint density at radius 1 is 0.833 bits per heavy atom. The van der Waals surface area contributed by atoms with Crippen LogP contribution in [-0.4, -0.2) is 37.5 Å². The first-order valence-corrected chi connectivity index (χ1v) is 10.4. The van der Waals surface area contributed by atoms with E-state index in [0.29, 0.717) is 0 Å². The molecule has 0 saturated carbocycles. The summed E-state index contributed by atoms with van der Waals surface area (Å²) in [6.07, 6.45) is 6.80. The van der Waals surface area contributed by atoms with E-state index in [-0.39, 0.29) is 0 Å². The second-order valence-electron chi connectivity index (χ2n) is 3.68. The van der Waals surface area contributed by atoms with Crippen LogP contribution in [0, 0.1) is 0 Å². The van der Waals surface area contributed by atoms with Crippen molar-refractivity contribution in [2.24, 2.45) is 0 Å². The normalized spacial score (nSPS) is 14.4. The monoisotopic (exact) mass is 362 g/mol. The standard InChI is InChI=1S/C5H5.3C2H4O2.Sn/c1-2-4-5-3-1;3*1-2(3)4;/h1-5H;3*1H3,(H,3,4);/q;;;;+3/p-3. The summed E-state index contributed by atoms with van der Waals surface area (Å²) in [7, 11) is 0. The maximum absolute atomic E-state index is 11.2. The average molecular weight is 361 g/mol. The zero-order valence-corrected chi connectivity index (χ0v) is 13.2. The number of carbonyl (C=O) groups is 3. The first-order chi connectivity index (χ1) is 8.35. The Hall–Kier alpha value is -1.31. The van der Waals surface area contributed by atoms with Crippen molar-refractivity contribution in [3.63, 3.8) is 0 Å². The second kappa shape index (κ2) is 6.03. The average Bonchev–Trinajstić information content (AvgIpc) is 2.65. The van der Waals surface area contributed by atoms with Crippen LogP contribution < -0.4 is 0 Å². The van der Waals surface area contributed by atoms with E-state index in [0.717, 1.165) is 0 Å². The van der Waals surface area contributed by atoms with Gasteiger partial charge in [0.05, 0.1) is 0 Å². The van der Waals surface area contributed by atoms with Crippen molar-refractivity contribution in [1.82, 2.24) is 0 Å². The molecule has 7 heteroatoms. The van der Waals surface area contributed by atoms with Gasteiger partial charge < -0.3 is 0 Å². The van der Waals surface area contributed by atoms with Gasteiger partial charge in [-0.05, 0) is 0 Å². The Bertz CT molecular complexity index is 372. The van der Waals surface area contributed by atoms with Gasteiger partial charge in [-0.25, -0.2) is 0 Å². The summed E-state index contributed by atoms with van der Waals surface area (Å²) in [5.41, 5.74) is 0. The van der Waals surface area contributed by atoms with Crippen LogP contribution in [0.1, 0.15) is 20.8 Å². The van der Waals surface area contributed by atoms with Gasteiger partial charge in [-0.3, -0.25) is 0 Å². The van der Waals surface area contributed by atoms with E-state index in [1.54, 1.807) is 24.3 Å². The minimum atomic E-state index is -4.64. The van der Waals surface area contributed by atoms with E-state index in [1.165, 1.54) is 20.8 Å². The third kappa shape index (κ3) is 3.86. The molecule has 0 radical (unpaired) electrons. The van der Waals surface area contributed by atoms with E-state index in [1.807, 2.05) is 0 Å². The molecule has 0 atom stereocenters. The van der Waals surface area contributed by atoms with Gasteiger partial charge in [0.1, 0.15) is 0 Å². The third-order valence-corrected chi connectivity index (χ3v) is 10.3. The van der Waals surface area contributed by atoms with Gasteiger partial charge in [-0.1, -0.05) is 0 Å². The maximum atomic E-state index is 11.2. The van der Waals surface area contributed by atoms with Crippen LogP contribution in [0.2, 0.25) is 3.93 Å². The molecule has 0 aromatic heterocycles. The number of hydrogen-bond acceptors (Lipinski definition) is 6. The Kier molecular flexibility index (Phi) is 4.94. The number of hydrogen-bond donors (Lipinski definition) is 0. The zero-order chi connectivity index (χ0) is 13.8. The molecular weight excluding hydrogens is 347 g/mol. The van der Waals surface area contributed by atoms with Crippen LogP contribution in [0.15, 0.2) is 24.3 Å². The summed E-state index contributed by atoms with van der Waals surface area (Å²) in [6.45, 7) is 3.54. The molecule has 18 heavy (non-hydrogen) atoms. The van der Waals surface area contributed by atoms with Crippen LogP contribution in [0.3, 0.4) is 0 Å². The Morgan fingerprint density at radius 2 is 1.17 bits per heavy atom. The number of rotatable bonds is 4. The topological polar surface area (TPSA) is 78.9 Å². The van der Waals surface area contributed by atoms with Crippen molar-refractivity contribution >= 4 is 37.5 Å². The molecule has 0 aliphatic heterocycles. The predicted molar refractivity (Wildman–Crippen MR) is 63.1 cm³/mol. The molecule has 1 rings (SSSR count). The van der Waals surface area contributed by atoms with Crippen LogP contribution in [0.5, 0.6) is 0 Å². The van der Waals surface area contributed by atoms with E-state index in [2.05, 4.69) is 0 Å². The fourth-order valence-corrected chi connectivity index (χ4v) is 8.47. The van der Waals surface area contributed by atoms with Crippen LogP contribution in [0.25, 0.3) is 0 Å². The van der Waals surface area contributed by atoms with Gasteiger partial charge in [0.15, 0.2) is 0 Å². The molecule has 0 N–H and O–H groups in total. The molecule has 0 amide bonds. The molecule has 0 saturated heterocycles. The van der Waals surface area contributed by atoms with Crippen molar-refractivity contribution in [3.8, 4) is 0 Å². The van der Waals surface area contributed by atoms with Gasteiger partial charge in [0.25, 0.3) is 0 Å². The zero-order valence-electron chi connectivity index (χ0n) is 10.3. The summed E-state index contributed by atoms with van der Waals surface area (Å²) in [5.74, 6) is -1.91. The molecule has 0 spiro atoms. The van der Waals surface area contributed by atoms with Crippen molar-refractivity contribution in [2.75, 3.05) is 0 Å². The Labute approximate surface area is 110 Å². The van der Waals surface area contributed by atoms with Crippen LogP contribution in [-0.2, 0) is 23.6 Å². The van der Waals surface area contributed by atoms with E-state index >= 15 is 0 Å². The fraction of sp³-hybridized carbons (Fsp3) is 0.364. The molecule has 0 heterocycles. The molecule has 0 fully saturated rings. The van der Waals surface area contributed by atoms with Crippen molar-refractivity contribution < 1.29 is 23.6 Å². The molecule has 1 aliphatic carbocycles. The summed E-state index contributed by atoms with van der Waals surface area (Å²) in [6, 6.07) is 0. The van der Waals surface area contributed by atoms with Gasteiger partial charge in [0, 0.05) is 0 Å².